The van der Waals surface area contributed by atoms with Crippen molar-refractivity contribution in [3.63, 3.8) is 0 Å². The molecule has 116 valence electrons. The maximum atomic E-state index is 12.5. The summed E-state index contributed by atoms with van der Waals surface area (Å²) in [4.78, 5) is 12.5. The van der Waals surface area contributed by atoms with Crippen molar-refractivity contribution >= 4 is 5.97 Å². The number of hydrogen-bond donors (Lipinski definition) is 1. The molecule has 20 heavy (non-hydrogen) atoms. The fraction of sp³-hybridized carbons (Fsp3) is 0.938. The summed E-state index contributed by atoms with van der Waals surface area (Å²) in [6.45, 7) is 6.41. The Hall–Kier alpha value is -0.610. The third kappa shape index (κ3) is 3.73. The van der Waals surface area contributed by atoms with Crippen LogP contribution in [0.4, 0.5) is 0 Å². The lowest BCUT2D eigenvalue weighted by atomic mass is 9.82. The van der Waals surface area contributed by atoms with E-state index in [9.17, 15) is 4.79 Å². The van der Waals surface area contributed by atoms with Gasteiger partial charge in [0, 0.05) is 18.9 Å². The predicted molar refractivity (Wildman–Crippen MR) is 78.6 cm³/mol. The van der Waals surface area contributed by atoms with Crippen LogP contribution in [0.5, 0.6) is 0 Å². The number of rotatable bonds is 4. The molecule has 2 unspecified atom stereocenters. The molecule has 1 aliphatic heterocycles. The van der Waals surface area contributed by atoms with Crippen molar-refractivity contribution in [1.29, 1.82) is 0 Å². The fourth-order valence-electron chi connectivity index (χ4n) is 3.81. The molecular formula is C16H29NO3. The Morgan fingerprint density at radius 3 is 2.35 bits per heavy atom. The zero-order chi connectivity index (χ0) is 14.6. The van der Waals surface area contributed by atoms with Gasteiger partial charge in [0.15, 0.2) is 0 Å². The summed E-state index contributed by atoms with van der Waals surface area (Å²) in [6, 6.07) is 0.450. The molecule has 2 atom stereocenters. The van der Waals surface area contributed by atoms with E-state index in [2.05, 4.69) is 5.32 Å². The maximum Gasteiger partial charge on any atom is 0.326 e. The van der Waals surface area contributed by atoms with Gasteiger partial charge in [0.1, 0.15) is 5.54 Å². The number of hydrogen-bond acceptors (Lipinski definition) is 4. The first-order valence-corrected chi connectivity index (χ1v) is 8.16. The lowest BCUT2D eigenvalue weighted by Gasteiger charge is -2.44. The molecule has 2 rings (SSSR count). The Morgan fingerprint density at radius 1 is 1.20 bits per heavy atom. The van der Waals surface area contributed by atoms with Crippen molar-refractivity contribution in [3.8, 4) is 0 Å². The van der Waals surface area contributed by atoms with Crippen LogP contribution < -0.4 is 5.32 Å². The van der Waals surface area contributed by atoms with Crippen LogP contribution in [0.1, 0.15) is 65.7 Å². The fourth-order valence-corrected chi connectivity index (χ4v) is 3.81. The summed E-state index contributed by atoms with van der Waals surface area (Å²) in [6.07, 6.45) is 7.81. The Bertz CT molecular complexity index is 316. The minimum atomic E-state index is -0.547. The van der Waals surface area contributed by atoms with Crippen LogP contribution in [0.2, 0.25) is 0 Å². The van der Waals surface area contributed by atoms with Gasteiger partial charge >= 0.3 is 5.97 Å². The van der Waals surface area contributed by atoms with Crippen LogP contribution in [0, 0.1) is 0 Å². The highest BCUT2D eigenvalue weighted by molar-refractivity contribution is 5.81. The molecule has 1 N–H and O–H groups in total. The molecule has 0 aromatic heterocycles. The van der Waals surface area contributed by atoms with Gasteiger partial charge in [-0.2, -0.15) is 0 Å². The first kappa shape index (κ1) is 15.8. The normalized spacial score (nSPS) is 35.8. The van der Waals surface area contributed by atoms with Gasteiger partial charge in [-0.15, -0.1) is 0 Å². The Balaban J connectivity index is 2.11. The highest BCUT2D eigenvalue weighted by atomic mass is 16.5. The molecule has 1 heterocycles. The summed E-state index contributed by atoms with van der Waals surface area (Å²) < 4.78 is 11.2. The van der Waals surface area contributed by atoms with E-state index < -0.39 is 5.54 Å². The summed E-state index contributed by atoms with van der Waals surface area (Å²) in [5, 5.41) is 3.66. The van der Waals surface area contributed by atoms with Crippen LogP contribution in [0.3, 0.4) is 0 Å². The van der Waals surface area contributed by atoms with Crippen molar-refractivity contribution in [2.45, 2.75) is 89.5 Å². The number of nitrogens with one attached hydrogen (secondary N) is 1. The van der Waals surface area contributed by atoms with Crippen LogP contribution in [-0.4, -0.2) is 36.4 Å². The zero-order valence-electron chi connectivity index (χ0n) is 13.1. The summed E-state index contributed by atoms with van der Waals surface area (Å²) in [7, 11) is 0. The van der Waals surface area contributed by atoms with Crippen LogP contribution >= 0.6 is 0 Å². The average molecular weight is 283 g/mol. The van der Waals surface area contributed by atoms with E-state index in [-0.39, 0.29) is 18.2 Å². The standard InChI is InChI=1S/C16H29NO3/c1-4-19-15(18)16(10-12(2)20-13(3)11-16)17-14-8-6-5-7-9-14/h12-14,17H,4-11H2,1-3H3. The van der Waals surface area contributed by atoms with Gasteiger partial charge in [0.05, 0.1) is 18.8 Å². The number of esters is 1. The molecule has 4 nitrogen and oxygen atoms in total. The Labute approximate surface area is 122 Å². The van der Waals surface area contributed by atoms with Gasteiger partial charge < -0.3 is 9.47 Å². The van der Waals surface area contributed by atoms with E-state index >= 15 is 0 Å². The highest BCUT2D eigenvalue weighted by Gasteiger charge is 2.47. The van der Waals surface area contributed by atoms with Gasteiger partial charge in [0.2, 0.25) is 0 Å². The van der Waals surface area contributed by atoms with Crippen molar-refractivity contribution in [3.05, 3.63) is 0 Å². The first-order valence-electron chi connectivity index (χ1n) is 8.16. The van der Waals surface area contributed by atoms with Gasteiger partial charge in [-0.3, -0.25) is 10.1 Å². The molecule has 1 saturated carbocycles. The van der Waals surface area contributed by atoms with Gasteiger partial charge in [-0.1, -0.05) is 19.3 Å². The molecule has 1 saturated heterocycles. The van der Waals surface area contributed by atoms with Crippen LogP contribution in [-0.2, 0) is 14.3 Å². The Kier molecular flexibility index (Phi) is 5.44. The van der Waals surface area contributed by atoms with E-state index in [0.29, 0.717) is 25.5 Å². The number of ether oxygens (including phenoxy) is 2. The zero-order valence-corrected chi connectivity index (χ0v) is 13.1. The molecule has 0 aromatic carbocycles. The summed E-state index contributed by atoms with van der Waals surface area (Å²) >= 11 is 0. The summed E-state index contributed by atoms with van der Waals surface area (Å²) in [5.41, 5.74) is -0.547. The topological polar surface area (TPSA) is 47.6 Å². The van der Waals surface area contributed by atoms with E-state index in [4.69, 9.17) is 9.47 Å². The first-order chi connectivity index (χ1) is 9.55. The molecule has 0 aromatic rings. The van der Waals surface area contributed by atoms with Crippen molar-refractivity contribution in [2.24, 2.45) is 0 Å². The largest absolute Gasteiger partial charge is 0.465 e. The second-order valence-electron chi connectivity index (χ2n) is 6.45. The second-order valence-corrected chi connectivity index (χ2v) is 6.45. The molecule has 4 heteroatoms. The van der Waals surface area contributed by atoms with Crippen LogP contribution in [0.25, 0.3) is 0 Å². The van der Waals surface area contributed by atoms with E-state index in [1.807, 2.05) is 20.8 Å². The average Bonchev–Trinajstić information content (AvgIpc) is 2.39. The lowest BCUT2D eigenvalue weighted by molar-refractivity contribution is -0.163. The van der Waals surface area contributed by atoms with Gasteiger partial charge in [0.25, 0.3) is 0 Å². The molecule has 2 fully saturated rings. The quantitative estimate of drug-likeness (QED) is 0.806. The van der Waals surface area contributed by atoms with Crippen molar-refractivity contribution in [1.82, 2.24) is 5.32 Å². The van der Waals surface area contributed by atoms with Crippen molar-refractivity contribution < 1.29 is 14.3 Å². The molecule has 0 spiro atoms. The smallest absolute Gasteiger partial charge is 0.326 e. The van der Waals surface area contributed by atoms with E-state index in [0.717, 1.165) is 0 Å². The SMILES string of the molecule is CCOC(=O)C1(NC2CCCCC2)CC(C)OC(C)C1. The third-order valence-corrected chi connectivity index (χ3v) is 4.49. The minimum absolute atomic E-state index is 0.0902. The van der Waals surface area contributed by atoms with Crippen LogP contribution in [0.15, 0.2) is 0 Å². The van der Waals surface area contributed by atoms with Gasteiger partial charge in [-0.05, 0) is 33.6 Å². The molecule has 0 bridgehead atoms. The van der Waals surface area contributed by atoms with E-state index in [1.165, 1.54) is 32.1 Å². The third-order valence-electron chi connectivity index (χ3n) is 4.49. The molecular weight excluding hydrogens is 254 g/mol. The van der Waals surface area contributed by atoms with Gasteiger partial charge in [-0.25, -0.2) is 0 Å². The molecule has 2 aliphatic rings. The maximum absolute atomic E-state index is 12.5. The molecule has 1 aliphatic carbocycles. The Morgan fingerprint density at radius 2 is 1.80 bits per heavy atom. The monoisotopic (exact) mass is 283 g/mol. The van der Waals surface area contributed by atoms with E-state index in [1.54, 1.807) is 0 Å². The number of carbonyl (C=O) groups is 1. The lowest BCUT2D eigenvalue weighted by Crippen LogP contribution is -2.62. The molecule has 0 amide bonds. The highest BCUT2D eigenvalue weighted by Crippen LogP contribution is 2.32. The minimum Gasteiger partial charge on any atom is -0.465 e. The predicted octanol–water partition coefficient (Wildman–Crippen LogP) is 2.80. The number of carbonyl (C=O) groups excluding carboxylic acids is 1. The van der Waals surface area contributed by atoms with Crippen molar-refractivity contribution in [2.75, 3.05) is 6.61 Å². The second kappa shape index (κ2) is 6.90. The molecule has 0 radical (unpaired) electrons. The summed E-state index contributed by atoms with van der Waals surface area (Å²) in [5.74, 6) is -0.0902.